The average molecular weight is 507 g/mol. The predicted octanol–water partition coefficient (Wildman–Crippen LogP) is 6.64. The SMILES string of the molecule is Clc1cccc(Cl)c1-c1noc(C2CC2)c1/C=C/C1CCN(c2cccc(-c3nn[nH]n3)c2)CC1. The first-order valence-corrected chi connectivity index (χ1v) is 12.6. The predicted molar refractivity (Wildman–Crippen MR) is 138 cm³/mol. The molecule has 1 aliphatic carbocycles. The second-order valence-corrected chi connectivity index (χ2v) is 9.96. The molecule has 0 spiro atoms. The number of rotatable bonds is 6. The standard InChI is InChI=1S/C26H24Cl2N6O/c27-21-5-2-6-22(28)23(21)24-20(25(35-31-24)17-8-9-17)10-7-16-11-13-34(14-12-16)19-4-1-3-18(15-19)26-29-32-33-30-26/h1-7,10,15-17H,8-9,11-14H2,(H,29,30,32,33)/b10-7+. The molecule has 0 unspecified atom stereocenters. The monoisotopic (exact) mass is 506 g/mol. The quantitative estimate of drug-likeness (QED) is 0.315. The van der Waals surface area contributed by atoms with Crippen molar-refractivity contribution >= 4 is 35.0 Å². The number of anilines is 1. The van der Waals surface area contributed by atoms with Gasteiger partial charge >= 0.3 is 0 Å². The molecule has 0 radical (unpaired) electrons. The normalized spacial score (nSPS) is 16.9. The van der Waals surface area contributed by atoms with Gasteiger partial charge in [-0.1, -0.05) is 58.7 Å². The minimum atomic E-state index is 0.436. The van der Waals surface area contributed by atoms with Crippen molar-refractivity contribution in [2.24, 2.45) is 5.92 Å². The molecule has 6 rings (SSSR count). The van der Waals surface area contributed by atoms with Gasteiger partial charge in [-0.05, 0) is 61.1 Å². The molecular formula is C26H24Cl2N6O. The lowest BCUT2D eigenvalue weighted by atomic mass is 9.94. The molecule has 35 heavy (non-hydrogen) atoms. The third kappa shape index (κ3) is 4.58. The number of benzene rings is 2. The van der Waals surface area contributed by atoms with E-state index in [1.807, 2.05) is 30.3 Å². The Morgan fingerprint density at radius 2 is 1.77 bits per heavy atom. The highest BCUT2D eigenvalue weighted by atomic mass is 35.5. The van der Waals surface area contributed by atoms with E-state index in [0.29, 0.717) is 27.7 Å². The number of nitrogens with one attached hydrogen (secondary N) is 1. The Labute approximate surface area is 213 Å². The Morgan fingerprint density at radius 3 is 2.49 bits per heavy atom. The fourth-order valence-corrected chi connectivity index (χ4v) is 5.30. The van der Waals surface area contributed by atoms with Gasteiger partial charge in [0.2, 0.25) is 5.82 Å². The van der Waals surface area contributed by atoms with Crippen LogP contribution in [0.15, 0.2) is 53.1 Å². The summed E-state index contributed by atoms with van der Waals surface area (Å²) in [5.74, 6) is 2.47. The number of nitrogens with zero attached hydrogens (tertiary/aromatic N) is 5. The number of halogens is 2. The van der Waals surface area contributed by atoms with Crippen molar-refractivity contribution in [3.8, 4) is 22.6 Å². The third-order valence-corrected chi connectivity index (χ3v) is 7.42. The van der Waals surface area contributed by atoms with E-state index < -0.39 is 0 Å². The van der Waals surface area contributed by atoms with E-state index in [0.717, 1.165) is 66.9 Å². The number of aromatic amines is 1. The van der Waals surface area contributed by atoms with Gasteiger partial charge in [-0.2, -0.15) is 5.21 Å². The molecule has 9 heteroatoms. The molecule has 178 valence electrons. The molecule has 1 saturated heterocycles. The van der Waals surface area contributed by atoms with Crippen LogP contribution in [-0.4, -0.2) is 38.9 Å². The first kappa shape index (κ1) is 22.3. The van der Waals surface area contributed by atoms with Crippen molar-refractivity contribution in [1.82, 2.24) is 25.8 Å². The van der Waals surface area contributed by atoms with Crippen LogP contribution < -0.4 is 4.90 Å². The smallest absolute Gasteiger partial charge is 0.204 e. The van der Waals surface area contributed by atoms with E-state index in [9.17, 15) is 0 Å². The summed E-state index contributed by atoms with van der Waals surface area (Å²) in [5, 5.41) is 19.9. The van der Waals surface area contributed by atoms with Gasteiger partial charge in [0.15, 0.2) is 0 Å². The molecule has 2 aromatic heterocycles. The van der Waals surface area contributed by atoms with Crippen molar-refractivity contribution < 1.29 is 4.52 Å². The number of piperidine rings is 1. The number of allylic oxidation sites excluding steroid dienone is 1. The van der Waals surface area contributed by atoms with Crippen molar-refractivity contribution in [3.05, 3.63) is 69.9 Å². The lowest BCUT2D eigenvalue weighted by molar-refractivity contribution is 0.386. The summed E-state index contributed by atoms with van der Waals surface area (Å²) in [4.78, 5) is 2.41. The molecule has 0 bridgehead atoms. The van der Waals surface area contributed by atoms with Gasteiger partial charge in [0, 0.05) is 41.4 Å². The summed E-state index contributed by atoms with van der Waals surface area (Å²) in [6.07, 6.45) is 8.88. The zero-order valence-corrected chi connectivity index (χ0v) is 20.5. The van der Waals surface area contributed by atoms with Crippen LogP contribution in [0.3, 0.4) is 0 Å². The third-order valence-electron chi connectivity index (χ3n) is 6.79. The Kier molecular flexibility index (Phi) is 6.04. The Balaban J connectivity index is 1.19. The molecule has 2 aromatic carbocycles. The Hall–Kier alpha value is -3.16. The van der Waals surface area contributed by atoms with Crippen molar-refractivity contribution in [2.75, 3.05) is 18.0 Å². The molecule has 3 heterocycles. The highest BCUT2D eigenvalue weighted by molar-refractivity contribution is 6.39. The molecule has 7 nitrogen and oxygen atoms in total. The number of hydrogen-bond acceptors (Lipinski definition) is 6. The molecule has 4 aromatic rings. The minimum absolute atomic E-state index is 0.436. The minimum Gasteiger partial charge on any atom is -0.371 e. The fraction of sp³-hybridized carbons (Fsp3) is 0.308. The lowest BCUT2D eigenvalue weighted by Gasteiger charge is -2.32. The molecule has 2 fully saturated rings. The number of aromatic nitrogens is 5. The first-order valence-electron chi connectivity index (χ1n) is 11.9. The van der Waals surface area contributed by atoms with Gasteiger partial charge < -0.3 is 9.42 Å². The van der Waals surface area contributed by atoms with Crippen molar-refractivity contribution in [1.29, 1.82) is 0 Å². The van der Waals surface area contributed by atoms with E-state index in [1.54, 1.807) is 0 Å². The molecule has 1 N–H and O–H groups in total. The van der Waals surface area contributed by atoms with Crippen molar-refractivity contribution in [2.45, 2.75) is 31.6 Å². The van der Waals surface area contributed by atoms with E-state index in [-0.39, 0.29) is 0 Å². The summed E-state index contributed by atoms with van der Waals surface area (Å²) in [6.45, 7) is 1.96. The molecule has 1 saturated carbocycles. The number of H-pyrrole nitrogens is 1. The molecule has 0 atom stereocenters. The van der Waals surface area contributed by atoms with E-state index in [4.69, 9.17) is 27.7 Å². The second-order valence-electron chi connectivity index (χ2n) is 9.15. The van der Waals surface area contributed by atoms with Gasteiger partial charge in [0.25, 0.3) is 0 Å². The first-order chi connectivity index (χ1) is 17.2. The van der Waals surface area contributed by atoms with Gasteiger partial charge in [-0.15, -0.1) is 10.2 Å². The summed E-state index contributed by atoms with van der Waals surface area (Å²) in [6, 6.07) is 13.8. The van der Waals surface area contributed by atoms with Crippen LogP contribution in [0.4, 0.5) is 5.69 Å². The van der Waals surface area contributed by atoms with Crippen LogP contribution in [0.2, 0.25) is 10.0 Å². The highest BCUT2D eigenvalue weighted by Gasteiger charge is 2.32. The average Bonchev–Trinajstić information content (AvgIpc) is 3.40. The summed E-state index contributed by atoms with van der Waals surface area (Å²) < 4.78 is 5.80. The van der Waals surface area contributed by atoms with Crippen LogP contribution in [0.25, 0.3) is 28.7 Å². The lowest BCUT2D eigenvalue weighted by Crippen LogP contribution is -2.33. The molecule has 2 aliphatic rings. The van der Waals surface area contributed by atoms with E-state index >= 15 is 0 Å². The summed E-state index contributed by atoms with van der Waals surface area (Å²) in [5.41, 5.74) is 4.62. The maximum Gasteiger partial charge on any atom is 0.204 e. The maximum absolute atomic E-state index is 6.50. The topological polar surface area (TPSA) is 83.7 Å². The van der Waals surface area contributed by atoms with Crippen LogP contribution >= 0.6 is 23.2 Å². The fourth-order valence-electron chi connectivity index (χ4n) is 4.72. The zero-order chi connectivity index (χ0) is 23.8. The van der Waals surface area contributed by atoms with Gasteiger partial charge in [0.1, 0.15) is 11.5 Å². The van der Waals surface area contributed by atoms with Gasteiger partial charge in [0.05, 0.1) is 10.0 Å². The molecular weight excluding hydrogens is 483 g/mol. The Morgan fingerprint density at radius 1 is 1.00 bits per heavy atom. The van der Waals surface area contributed by atoms with E-state index in [1.165, 1.54) is 5.69 Å². The zero-order valence-electron chi connectivity index (χ0n) is 19.0. The highest BCUT2D eigenvalue weighted by Crippen LogP contribution is 2.46. The second kappa shape index (κ2) is 9.47. The number of tetrazole rings is 1. The van der Waals surface area contributed by atoms with Crippen LogP contribution in [-0.2, 0) is 0 Å². The van der Waals surface area contributed by atoms with Gasteiger partial charge in [-0.25, -0.2) is 0 Å². The van der Waals surface area contributed by atoms with Crippen LogP contribution in [0.5, 0.6) is 0 Å². The van der Waals surface area contributed by atoms with Crippen molar-refractivity contribution in [3.63, 3.8) is 0 Å². The summed E-state index contributed by atoms with van der Waals surface area (Å²) in [7, 11) is 0. The maximum atomic E-state index is 6.50. The molecule has 0 amide bonds. The summed E-state index contributed by atoms with van der Waals surface area (Å²) >= 11 is 13.0. The largest absolute Gasteiger partial charge is 0.371 e. The molecule has 1 aliphatic heterocycles. The van der Waals surface area contributed by atoms with Crippen LogP contribution in [0, 0.1) is 5.92 Å². The number of hydrogen-bond donors (Lipinski definition) is 1. The van der Waals surface area contributed by atoms with Crippen LogP contribution in [0.1, 0.15) is 42.9 Å². The Bertz CT molecular complexity index is 1330. The van der Waals surface area contributed by atoms with Gasteiger partial charge in [-0.3, -0.25) is 0 Å². The van der Waals surface area contributed by atoms with E-state index in [2.05, 4.69) is 55.0 Å².